The molecule has 0 radical (unpaired) electrons. The molecule has 5 rings (SSSR count). The molecule has 2 aromatic rings. The van der Waals surface area contributed by atoms with Crippen molar-refractivity contribution in [2.45, 2.75) is 63.9 Å². The van der Waals surface area contributed by atoms with Crippen molar-refractivity contribution in [2.24, 2.45) is 23.7 Å². The van der Waals surface area contributed by atoms with Crippen LogP contribution in [0.1, 0.15) is 39.7 Å². The quantitative estimate of drug-likeness (QED) is 0.497. The summed E-state index contributed by atoms with van der Waals surface area (Å²) in [6.07, 6.45) is 0.477. The predicted octanol–water partition coefficient (Wildman–Crippen LogP) is 2.97. The molecule has 0 aromatic heterocycles. The predicted molar refractivity (Wildman–Crippen MR) is 143 cm³/mol. The molecule has 2 bridgehead atoms. The van der Waals surface area contributed by atoms with Gasteiger partial charge in [-0.1, -0.05) is 69.3 Å². The smallest absolute Gasteiger partial charge is 0.246 e. The summed E-state index contributed by atoms with van der Waals surface area (Å²) in [5.74, 6) is -2.70. The summed E-state index contributed by atoms with van der Waals surface area (Å²) in [5, 5.41) is 16.3. The number of anilines is 1. The highest BCUT2D eigenvalue weighted by Gasteiger charge is 2.80. The molecular weight excluding hydrogens is 482 g/mol. The summed E-state index contributed by atoms with van der Waals surface area (Å²) in [4.78, 5) is 43.5. The number of ether oxygens (including phenoxy) is 1. The number of nitrogens with one attached hydrogen (secondary N) is 2. The Labute approximate surface area is 223 Å². The van der Waals surface area contributed by atoms with Crippen LogP contribution in [-0.2, 0) is 25.7 Å². The van der Waals surface area contributed by atoms with Gasteiger partial charge in [0.15, 0.2) is 0 Å². The molecule has 8 nitrogen and oxygen atoms in total. The van der Waals surface area contributed by atoms with Crippen molar-refractivity contribution in [2.75, 3.05) is 11.9 Å². The second kappa shape index (κ2) is 9.82. The highest BCUT2D eigenvalue weighted by Crippen LogP contribution is 2.65. The molecule has 3 saturated heterocycles. The van der Waals surface area contributed by atoms with Crippen LogP contribution in [0.5, 0.6) is 0 Å². The second-order valence-corrected chi connectivity index (χ2v) is 11.5. The molecule has 3 unspecified atom stereocenters. The molecule has 3 heterocycles. The van der Waals surface area contributed by atoms with Gasteiger partial charge in [-0.05, 0) is 42.9 Å². The number of para-hydroxylation sites is 1. The van der Waals surface area contributed by atoms with Crippen molar-refractivity contribution in [3.63, 3.8) is 0 Å². The van der Waals surface area contributed by atoms with Gasteiger partial charge in [0, 0.05) is 12.2 Å². The van der Waals surface area contributed by atoms with E-state index in [1.54, 1.807) is 12.1 Å². The van der Waals surface area contributed by atoms with Gasteiger partial charge >= 0.3 is 0 Å². The fourth-order valence-corrected chi connectivity index (χ4v) is 6.98. The zero-order valence-corrected chi connectivity index (χ0v) is 22.4. The number of rotatable bonds is 8. The van der Waals surface area contributed by atoms with Crippen molar-refractivity contribution >= 4 is 23.4 Å². The molecular formula is C30H37N3O5. The van der Waals surface area contributed by atoms with Crippen LogP contribution in [0, 0.1) is 23.7 Å². The van der Waals surface area contributed by atoms with Crippen LogP contribution in [0.2, 0.25) is 0 Å². The summed E-state index contributed by atoms with van der Waals surface area (Å²) in [6.45, 7) is 7.76. The zero-order valence-electron chi connectivity index (χ0n) is 22.4. The molecule has 3 N–H and O–H groups in total. The van der Waals surface area contributed by atoms with Crippen molar-refractivity contribution in [1.82, 2.24) is 10.2 Å². The van der Waals surface area contributed by atoms with E-state index in [0.29, 0.717) is 18.7 Å². The van der Waals surface area contributed by atoms with Gasteiger partial charge in [-0.25, -0.2) is 0 Å². The molecule has 3 aliphatic heterocycles. The van der Waals surface area contributed by atoms with Gasteiger partial charge < -0.3 is 25.4 Å². The monoisotopic (exact) mass is 519 g/mol. The lowest BCUT2D eigenvalue weighted by Crippen LogP contribution is -2.59. The lowest BCUT2D eigenvalue weighted by atomic mass is 9.62. The largest absolute Gasteiger partial charge is 0.394 e. The van der Waals surface area contributed by atoms with Crippen molar-refractivity contribution in [3.05, 3.63) is 66.2 Å². The molecule has 8 heteroatoms. The Hall–Kier alpha value is -3.23. The molecule has 7 atom stereocenters. The third kappa shape index (κ3) is 4.01. The molecule has 0 aliphatic carbocycles. The summed E-state index contributed by atoms with van der Waals surface area (Å²) in [6, 6.07) is 17.2. The number of carbonyl (C=O) groups is 3. The van der Waals surface area contributed by atoms with Gasteiger partial charge in [0.1, 0.15) is 11.6 Å². The molecule has 1 spiro atoms. The van der Waals surface area contributed by atoms with E-state index < -0.39 is 35.1 Å². The summed E-state index contributed by atoms with van der Waals surface area (Å²) in [7, 11) is 0. The number of benzene rings is 2. The Balaban J connectivity index is 1.54. The van der Waals surface area contributed by atoms with E-state index in [1.165, 1.54) is 4.90 Å². The minimum absolute atomic E-state index is 0.0610. The van der Waals surface area contributed by atoms with Gasteiger partial charge in [-0.2, -0.15) is 0 Å². The third-order valence-electron chi connectivity index (χ3n) is 8.95. The van der Waals surface area contributed by atoms with Crippen LogP contribution in [-0.4, -0.2) is 57.6 Å². The first-order valence-corrected chi connectivity index (χ1v) is 13.4. The fourth-order valence-electron chi connectivity index (χ4n) is 6.98. The minimum atomic E-state index is -1.16. The van der Waals surface area contributed by atoms with Crippen molar-refractivity contribution < 1.29 is 24.2 Å². The van der Waals surface area contributed by atoms with Gasteiger partial charge in [0.25, 0.3) is 0 Å². The number of aliphatic hydroxyl groups is 1. The Morgan fingerprint density at radius 1 is 1.08 bits per heavy atom. The number of hydrogen-bond donors (Lipinski definition) is 3. The van der Waals surface area contributed by atoms with Crippen LogP contribution < -0.4 is 10.6 Å². The highest BCUT2D eigenvalue weighted by atomic mass is 16.5. The fraction of sp³-hybridized carbons (Fsp3) is 0.500. The average Bonchev–Trinajstić information content (AvgIpc) is 3.41. The molecule has 38 heavy (non-hydrogen) atoms. The van der Waals surface area contributed by atoms with E-state index in [9.17, 15) is 19.5 Å². The first-order chi connectivity index (χ1) is 18.1. The first-order valence-electron chi connectivity index (χ1n) is 13.4. The van der Waals surface area contributed by atoms with Crippen LogP contribution in [0.4, 0.5) is 5.69 Å². The van der Waals surface area contributed by atoms with Crippen LogP contribution in [0.15, 0.2) is 60.7 Å². The topological polar surface area (TPSA) is 108 Å². The number of amides is 3. The maximum absolute atomic E-state index is 14.3. The number of likely N-dealkylation sites (tertiary alicyclic amines) is 1. The molecule has 3 aliphatic rings. The van der Waals surface area contributed by atoms with Gasteiger partial charge in [0.05, 0.1) is 30.1 Å². The maximum Gasteiger partial charge on any atom is 0.246 e. The molecule has 2 aromatic carbocycles. The number of carbonyl (C=O) groups excluding carboxylic acids is 3. The molecule has 3 amide bonds. The van der Waals surface area contributed by atoms with Gasteiger partial charge in [0.2, 0.25) is 17.7 Å². The minimum Gasteiger partial charge on any atom is -0.394 e. The Morgan fingerprint density at radius 2 is 1.71 bits per heavy atom. The maximum atomic E-state index is 14.3. The van der Waals surface area contributed by atoms with E-state index in [1.807, 2.05) is 76.2 Å². The van der Waals surface area contributed by atoms with Crippen LogP contribution in [0.25, 0.3) is 0 Å². The van der Waals surface area contributed by atoms with Crippen LogP contribution >= 0.6 is 0 Å². The second-order valence-electron chi connectivity index (χ2n) is 11.5. The van der Waals surface area contributed by atoms with E-state index >= 15 is 0 Å². The van der Waals surface area contributed by atoms with E-state index in [0.717, 1.165) is 5.56 Å². The van der Waals surface area contributed by atoms with Crippen LogP contribution in [0.3, 0.4) is 0 Å². The molecule has 3 fully saturated rings. The summed E-state index contributed by atoms with van der Waals surface area (Å²) < 4.78 is 6.75. The van der Waals surface area contributed by atoms with E-state index in [4.69, 9.17) is 4.74 Å². The SMILES string of the molecule is CC(C)[C@H](CO)N1C(=O)[C@@H]2[C@H](C(=O)Nc3ccccc3)[C@@]3(C)OC2(CC3C)C1C(=O)NCc1ccccc1. The number of fused-ring (bicyclic) bond motifs is 1. The molecule has 202 valence electrons. The average molecular weight is 520 g/mol. The zero-order chi connectivity index (χ0) is 27.2. The number of nitrogens with zero attached hydrogens (tertiary/aromatic N) is 1. The van der Waals surface area contributed by atoms with Crippen molar-refractivity contribution in [1.29, 1.82) is 0 Å². The third-order valence-corrected chi connectivity index (χ3v) is 8.95. The Kier molecular flexibility index (Phi) is 6.82. The highest BCUT2D eigenvalue weighted by molar-refractivity contribution is 6.02. The molecule has 0 saturated carbocycles. The number of aliphatic hydroxyl groups excluding tert-OH is 1. The van der Waals surface area contributed by atoms with E-state index in [2.05, 4.69) is 10.6 Å². The van der Waals surface area contributed by atoms with Gasteiger partial charge in [-0.3, -0.25) is 14.4 Å². The lowest BCUT2D eigenvalue weighted by Gasteiger charge is -2.38. The Morgan fingerprint density at radius 3 is 2.32 bits per heavy atom. The first kappa shape index (κ1) is 26.4. The number of hydrogen-bond acceptors (Lipinski definition) is 5. The lowest BCUT2D eigenvalue weighted by molar-refractivity contribution is -0.151. The summed E-state index contributed by atoms with van der Waals surface area (Å²) in [5.41, 5.74) is -0.492. The van der Waals surface area contributed by atoms with Gasteiger partial charge in [-0.15, -0.1) is 0 Å². The Bertz CT molecular complexity index is 1200. The van der Waals surface area contributed by atoms with Crippen molar-refractivity contribution in [3.8, 4) is 0 Å². The normalized spacial score (nSPS) is 32.4. The van der Waals surface area contributed by atoms with E-state index in [-0.39, 0.29) is 36.2 Å². The standard InChI is InChI=1S/C30H37N3O5/c1-18(2)22(17-34)33-25(27(36)31-16-20-11-7-5-8-12-20)30-15-19(3)29(4,38-30)23(24(30)28(33)37)26(35)32-21-13-9-6-10-14-21/h5-14,18-19,22-25,34H,15-17H2,1-4H3,(H,31,36)(H,32,35)/t19?,22-,23+,24-,25?,29-,30?/m0/s1. The summed E-state index contributed by atoms with van der Waals surface area (Å²) >= 11 is 0.